The fraction of sp³-hybridized carbons (Fsp3) is 0.557. The number of carbonyl (C=O) groups excluding carboxylic acids is 12. The summed E-state index contributed by atoms with van der Waals surface area (Å²) < 4.78 is 0. The van der Waals surface area contributed by atoms with Crippen molar-refractivity contribution in [2.24, 2.45) is 72.5 Å². The van der Waals surface area contributed by atoms with Gasteiger partial charge >= 0.3 is 0 Å². The fourth-order valence-electron chi connectivity index (χ4n) is 9.40. The highest BCUT2D eigenvalue weighted by molar-refractivity contribution is 7.98. The summed E-state index contributed by atoms with van der Waals surface area (Å²) in [5.74, 6) is -12.1. The van der Waals surface area contributed by atoms with Crippen molar-refractivity contribution in [3.8, 4) is 5.75 Å². The molecule has 0 saturated carbocycles. The summed E-state index contributed by atoms with van der Waals surface area (Å²) >= 11 is 1.43. The SMILES string of the molecule is CSCCC(NC(=O)C(CC(C)C)NC(=O)CNC(=O)C(Cc1ccc(O)cc1)NC(=O)C(Cc1ccccc1)NC(=O)C(CCC(N)=O)NC(=O)C(CCCN=C(N)N)NC(=O)C(NC(=O)C(CCCN=C(N)N)NC(=O)C(CO)NC(=O)C(N)CCCN=C(N)N)C(C)O)C(N)=O. The van der Waals surface area contributed by atoms with Crippen molar-refractivity contribution < 1.29 is 72.9 Å². The number of aliphatic hydroxyl groups is 2. The van der Waals surface area contributed by atoms with E-state index in [1.54, 1.807) is 44.2 Å². The van der Waals surface area contributed by atoms with Crippen molar-refractivity contribution in [1.29, 1.82) is 0 Å². The number of nitrogens with one attached hydrogen (secondary N) is 10. The van der Waals surface area contributed by atoms with Gasteiger partial charge in [0.15, 0.2) is 17.9 Å². The van der Waals surface area contributed by atoms with Crippen LogP contribution in [0.5, 0.6) is 5.75 Å². The van der Waals surface area contributed by atoms with E-state index in [1.165, 1.54) is 36.0 Å². The molecule has 0 heterocycles. The van der Waals surface area contributed by atoms with E-state index in [0.29, 0.717) is 16.9 Å². The van der Waals surface area contributed by atoms with E-state index in [4.69, 9.17) is 51.6 Å². The Morgan fingerprint density at radius 3 is 1.37 bits per heavy atom. The van der Waals surface area contributed by atoms with Gasteiger partial charge in [0.25, 0.3) is 0 Å². The molecule has 2 aromatic carbocycles. The van der Waals surface area contributed by atoms with Crippen LogP contribution in [0.3, 0.4) is 0 Å². The standard InChI is InChI=1S/C61H100N22O15S/c1-32(2)27-42(55(95)76-38(49(64)89)22-26-99-4)75-47(88)30-74-51(91)43(29-35-16-18-36(86)19-17-35)80-56(96)44(28-34-11-6-5-7-12-34)81-53(93)41(20-21-46(63)87)78-52(92)39(14-9-24-72-60(67)68)79-58(98)48(33(3)85)83-54(94)40(15-10-25-73-61(69)70)77-57(97)45(31-84)82-50(90)37(62)13-8-23-71-59(65)66/h5-7,11-12,16-19,32-33,37-45,48,84-86H,8-10,13-15,20-31,62H2,1-4H3,(H2,63,87)(H2,64,89)(H,74,91)(H,75,88)(H,76,95)(H,77,97)(H,78,92)(H,79,98)(H,80,96)(H,81,93)(H,82,90)(H,83,94)(H4,65,66,71)(H4,67,68,72)(H4,69,70,73). The van der Waals surface area contributed by atoms with Crippen LogP contribution in [0.15, 0.2) is 69.6 Å². The van der Waals surface area contributed by atoms with Gasteiger partial charge in [0, 0.05) is 38.9 Å². The first-order valence-electron chi connectivity index (χ1n) is 31.8. The molecular formula is C61H100N22O15S. The lowest BCUT2D eigenvalue weighted by molar-refractivity contribution is -0.137. The predicted octanol–water partition coefficient (Wildman–Crippen LogP) is -7.93. The molecule has 37 nitrogen and oxygen atoms in total. The summed E-state index contributed by atoms with van der Waals surface area (Å²) in [6, 6.07) is -1.18. The number of hydrogen-bond acceptors (Lipinski definition) is 20. The number of aromatic hydroxyl groups is 1. The van der Waals surface area contributed by atoms with Crippen LogP contribution < -0.4 is 105 Å². The maximum Gasteiger partial charge on any atom is 0.245 e. The molecule has 0 saturated heterocycles. The van der Waals surface area contributed by atoms with Gasteiger partial charge in [0.2, 0.25) is 70.9 Å². The van der Waals surface area contributed by atoms with Crippen LogP contribution in [0.4, 0.5) is 0 Å². The van der Waals surface area contributed by atoms with Gasteiger partial charge in [-0.05, 0) is 106 Å². The van der Waals surface area contributed by atoms with Crippen molar-refractivity contribution in [3.63, 3.8) is 0 Å². The smallest absolute Gasteiger partial charge is 0.245 e. The maximum atomic E-state index is 14.7. The molecule has 0 aliphatic heterocycles. The normalized spacial score (nSPS) is 14.3. The van der Waals surface area contributed by atoms with Crippen LogP contribution in [-0.4, -0.2) is 215 Å². The minimum atomic E-state index is -1.91. The highest BCUT2D eigenvalue weighted by Crippen LogP contribution is 2.15. The van der Waals surface area contributed by atoms with E-state index in [-0.39, 0.29) is 113 Å². The van der Waals surface area contributed by atoms with Crippen LogP contribution in [0.2, 0.25) is 0 Å². The Kier molecular flexibility index (Phi) is 39.0. The largest absolute Gasteiger partial charge is 0.508 e. The lowest BCUT2D eigenvalue weighted by atomic mass is 10.0. The third-order valence-electron chi connectivity index (χ3n) is 14.6. The molecule has 0 aliphatic carbocycles. The van der Waals surface area contributed by atoms with Crippen molar-refractivity contribution in [1.82, 2.24) is 53.2 Å². The Bertz CT molecular complexity index is 3080. The van der Waals surface area contributed by atoms with Crippen LogP contribution in [0.25, 0.3) is 0 Å². The third-order valence-corrected chi connectivity index (χ3v) is 15.3. The lowest BCUT2D eigenvalue weighted by Gasteiger charge is -2.29. The first-order chi connectivity index (χ1) is 46.7. The number of rotatable bonds is 47. The van der Waals surface area contributed by atoms with Crippen molar-refractivity contribution >= 4 is 101 Å². The molecule has 2 rings (SSSR count). The number of benzene rings is 2. The predicted molar refractivity (Wildman–Crippen MR) is 369 cm³/mol. The number of thioether (sulfide) groups is 1. The number of aliphatic imine (C=N–C) groups is 3. The maximum absolute atomic E-state index is 14.7. The third kappa shape index (κ3) is 34.6. The molecule has 12 amide bonds. The van der Waals surface area contributed by atoms with Crippen LogP contribution in [-0.2, 0) is 70.4 Å². The van der Waals surface area contributed by atoms with E-state index in [2.05, 4.69) is 68.1 Å². The second kappa shape index (κ2) is 45.4. The van der Waals surface area contributed by atoms with Crippen LogP contribution >= 0.6 is 11.8 Å². The molecule has 550 valence electrons. The van der Waals surface area contributed by atoms with Crippen molar-refractivity contribution in [2.75, 3.05) is 44.8 Å². The highest BCUT2D eigenvalue weighted by Gasteiger charge is 2.37. The molecular weight excluding hydrogens is 1310 g/mol. The number of phenolic OH excluding ortho intramolecular Hbond substituents is 1. The van der Waals surface area contributed by atoms with Gasteiger partial charge in [-0.1, -0.05) is 56.3 Å². The van der Waals surface area contributed by atoms with Gasteiger partial charge in [-0.25, -0.2) is 0 Å². The zero-order valence-electron chi connectivity index (χ0n) is 56.0. The number of carbonyl (C=O) groups is 12. The van der Waals surface area contributed by atoms with Gasteiger partial charge < -0.3 is 120 Å². The number of guanidine groups is 3. The lowest BCUT2D eigenvalue weighted by Crippen LogP contribution is -2.62. The molecule has 11 atom stereocenters. The van der Waals surface area contributed by atoms with Gasteiger partial charge in [-0.3, -0.25) is 72.5 Å². The number of amides is 12. The Labute approximate surface area is 577 Å². The second-order valence-corrected chi connectivity index (χ2v) is 24.5. The Morgan fingerprint density at radius 1 is 0.475 bits per heavy atom. The van der Waals surface area contributed by atoms with Gasteiger partial charge in [0.1, 0.15) is 60.1 Å². The minimum Gasteiger partial charge on any atom is -0.508 e. The molecule has 0 fully saturated rings. The number of hydrogen-bond donors (Lipinski definition) is 22. The molecule has 38 heteroatoms. The molecule has 99 heavy (non-hydrogen) atoms. The van der Waals surface area contributed by atoms with Crippen molar-refractivity contribution in [2.45, 2.75) is 164 Å². The molecule has 0 bridgehead atoms. The highest BCUT2D eigenvalue weighted by atomic mass is 32.2. The molecule has 0 spiro atoms. The fourth-order valence-corrected chi connectivity index (χ4v) is 9.87. The van der Waals surface area contributed by atoms with Crippen molar-refractivity contribution in [3.05, 3.63) is 65.7 Å². The van der Waals surface area contributed by atoms with Gasteiger partial charge in [-0.15, -0.1) is 0 Å². The molecule has 0 aliphatic rings. The van der Waals surface area contributed by atoms with E-state index in [9.17, 15) is 72.9 Å². The zero-order chi connectivity index (χ0) is 74.3. The quantitative estimate of drug-likeness (QED) is 0.0166. The number of phenols is 1. The average Bonchev–Trinajstić information content (AvgIpc) is 0.871. The summed E-state index contributed by atoms with van der Waals surface area (Å²) in [5.41, 5.74) is 50.7. The van der Waals surface area contributed by atoms with E-state index in [1.807, 2.05) is 6.26 Å². The topological polar surface area (TPSA) is 657 Å². The number of nitrogens with zero attached hydrogens (tertiary/aromatic N) is 3. The first kappa shape index (κ1) is 85.0. The molecule has 2 aromatic rings. The Balaban J connectivity index is 2.57. The summed E-state index contributed by atoms with van der Waals surface area (Å²) in [7, 11) is 0. The van der Waals surface area contributed by atoms with Crippen LogP contribution in [0.1, 0.15) is 96.1 Å². The molecule has 0 aromatic heterocycles. The number of aliphatic hydroxyl groups excluding tert-OH is 2. The van der Waals surface area contributed by atoms with E-state index < -0.39 is 163 Å². The summed E-state index contributed by atoms with van der Waals surface area (Å²) in [4.78, 5) is 176. The number of nitrogens with two attached hydrogens (primary N) is 9. The van der Waals surface area contributed by atoms with Crippen LogP contribution in [0, 0.1) is 5.92 Å². The summed E-state index contributed by atoms with van der Waals surface area (Å²) in [6.07, 6.45) is -1.34. The molecule has 31 N–H and O–H groups in total. The van der Waals surface area contributed by atoms with Gasteiger partial charge in [0.05, 0.1) is 25.3 Å². The van der Waals surface area contributed by atoms with Gasteiger partial charge in [-0.2, -0.15) is 11.8 Å². The minimum absolute atomic E-state index is 0.0194. The monoisotopic (exact) mass is 1410 g/mol. The second-order valence-electron chi connectivity index (χ2n) is 23.5. The zero-order valence-corrected chi connectivity index (χ0v) is 56.9. The summed E-state index contributed by atoms with van der Waals surface area (Å²) in [5, 5.41) is 56.1. The average molecular weight is 1410 g/mol. The molecule has 0 radical (unpaired) electrons. The Hall–Kier alpha value is -10.1. The van der Waals surface area contributed by atoms with E-state index >= 15 is 0 Å². The first-order valence-corrected chi connectivity index (χ1v) is 33.2. The Morgan fingerprint density at radius 2 is 0.899 bits per heavy atom. The summed E-state index contributed by atoms with van der Waals surface area (Å²) in [6.45, 7) is 2.99. The number of primary amides is 2. The van der Waals surface area contributed by atoms with E-state index in [0.717, 1.165) is 6.92 Å². The molecule has 11 unspecified atom stereocenters.